The molecule has 0 bridgehead atoms. The molecule has 0 radical (unpaired) electrons. The lowest BCUT2D eigenvalue weighted by Gasteiger charge is -2.22. The van der Waals surface area contributed by atoms with Crippen LogP contribution in [0, 0.1) is 0 Å². The molecule has 0 saturated heterocycles. The number of fused-ring (bicyclic) bond motifs is 1. The first kappa shape index (κ1) is 23.3. The van der Waals surface area contributed by atoms with Crippen molar-refractivity contribution in [1.82, 2.24) is 15.3 Å². The maximum atomic E-state index is 12.6. The molecule has 0 aliphatic rings. The van der Waals surface area contributed by atoms with Crippen LogP contribution in [-0.2, 0) is 4.79 Å². The Kier molecular flexibility index (Phi) is 8.02. The first-order valence-electron chi connectivity index (χ1n) is 10.5. The smallest absolute Gasteiger partial charge is 0.274 e. The number of nitrogens with zero attached hydrogens (tertiary/aromatic N) is 4. The van der Waals surface area contributed by atoms with E-state index in [4.69, 9.17) is 0 Å². The number of amides is 2. The summed E-state index contributed by atoms with van der Waals surface area (Å²) in [5.41, 5.74) is 2.85. The van der Waals surface area contributed by atoms with Crippen molar-refractivity contribution in [3.8, 4) is 0 Å². The van der Waals surface area contributed by atoms with Crippen LogP contribution in [0.1, 0.15) is 16.9 Å². The van der Waals surface area contributed by atoms with Gasteiger partial charge in [-0.3, -0.25) is 24.5 Å². The minimum absolute atomic E-state index is 0.235. The van der Waals surface area contributed by atoms with E-state index in [0.29, 0.717) is 30.0 Å². The number of pyridine rings is 2. The predicted molar refractivity (Wildman–Crippen MR) is 133 cm³/mol. The molecule has 0 fully saturated rings. The van der Waals surface area contributed by atoms with E-state index in [-0.39, 0.29) is 17.5 Å². The summed E-state index contributed by atoms with van der Waals surface area (Å²) in [7, 11) is 1.98. The van der Waals surface area contributed by atoms with Gasteiger partial charge in [0.05, 0.1) is 11.2 Å². The van der Waals surface area contributed by atoms with Gasteiger partial charge < -0.3 is 15.5 Å². The van der Waals surface area contributed by atoms with Gasteiger partial charge in [0.1, 0.15) is 11.4 Å². The van der Waals surface area contributed by atoms with Crippen molar-refractivity contribution in [3.63, 3.8) is 0 Å². The van der Waals surface area contributed by atoms with Gasteiger partial charge >= 0.3 is 0 Å². The van der Waals surface area contributed by atoms with E-state index in [0.717, 1.165) is 17.5 Å². The lowest BCUT2D eigenvalue weighted by molar-refractivity contribution is -0.114. The zero-order chi connectivity index (χ0) is 23.6. The van der Waals surface area contributed by atoms with Crippen molar-refractivity contribution >= 4 is 39.8 Å². The van der Waals surface area contributed by atoms with Crippen molar-refractivity contribution in [2.75, 3.05) is 30.4 Å². The summed E-state index contributed by atoms with van der Waals surface area (Å²) in [6, 6.07) is 12.8. The highest BCUT2D eigenvalue weighted by atomic mass is 16.2. The Bertz CT molecular complexity index is 1190. The van der Waals surface area contributed by atoms with Crippen LogP contribution in [0.3, 0.4) is 0 Å². The lowest BCUT2D eigenvalue weighted by atomic mass is 10.1. The summed E-state index contributed by atoms with van der Waals surface area (Å²) in [6.07, 6.45) is 6.71. The van der Waals surface area contributed by atoms with E-state index < -0.39 is 0 Å². The maximum absolute atomic E-state index is 12.6. The highest BCUT2D eigenvalue weighted by Crippen LogP contribution is 2.30. The third-order valence-electron chi connectivity index (χ3n) is 4.92. The molecule has 0 atom stereocenters. The van der Waals surface area contributed by atoms with Crippen LogP contribution in [0.25, 0.3) is 10.9 Å². The summed E-state index contributed by atoms with van der Waals surface area (Å²) in [6.45, 7) is 8.27. The Hall–Kier alpha value is -4.33. The SMILES string of the molecule is C=CN=C(C=C)C(=O)NCCCN(C)c1ccc(NC(=O)c2ccccn2)c2ncccc12. The zero-order valence-electron chi connectivity index (χ0n) is 18.5. The first-order valence-corrected chi connectivity index (χ1v) is 10.5. The number of rotatable bonds is 10. The number of anilines is 2. The van der Waals surface area contributed by atoms with Crippen LogP contribution in [0.2, 0.25) is 0 Å². The minimum atomic E-state index is -0.293. The van der Waals surface area contributed by atoms with Crippen LogP contribution in [0.4, 0.5) is 11.4 Å². The Morgan fingerprint density at radius 3 is 2.64 bits per heavy atom. The monoisotopic (exact) mass is 442 g/mol. The molecule has 3 aromatic rings. The van der Waals surface area contributed by atoms with Crippen LogP contribution >= 0.6 is 0 Å². The minimum Gasteiger partial charge on any atom is -0.374 e. The third-order valence-corrected chi connectivity index (χ3v) is 4.92. The molecule has 33 heavy (non-hydrogen) atoms. The Balaban J connectivity index is 1.68. The molecule has 2 N–H and O–H groups in total. The fraction of sp³-hybridized carbons (Fsp3) is 0.160. The Morgan fingerprint density at radius 2 is 1.91 bits per heavy atom. The molecule has 168 valence electrons. The highest BCUT2D eigenvalue weighted by Gasteiger charge is 2.14. The van der Waals surface area contributed by atoms with E-state index in [9.17, 15) is 9.59 Å². The van der Waals surface area contributed by atoms with Crippen molar-refractivity contribution in [1.29, 1.82) is 0 Å². The van der Waals surface area contributed by atoms with Gasteiger partial charge in [0.2, 0.25) is 0 Å². The topological polar surface area (TPSA) is 99.6 Å². The number of carbonyl (C=O) groups is 2. The Labute approximate surface area is 192 Å². The van der Waals surface area contributed by atoms with E-state index in [2.05, 4.69) is 43.7 Å². The van der Waals surface area contributed by atoms with E-state index in [1.165, 1.54) is 12.3 Å². The molecular formula is C25H26N6O2. The highest BCUT2D eigenvalue weighted by molar-refractivity contribution is 6.43. The van der Waals surface area contributed by atoms with E-state index >= 15 is 0 Å². The number of benzene rings is 1. The predicted octanol–water partition coefficient (Wildman–Crippen LogP) is 3.60. The number of nitrogens with one attached hydrogen (secondary N) is 2. The summed E-state index contributed by atoms with van der Waals surface area (Å²) in [4.78, 5) is 39.2. The normalized spacial score (nSPS) is 11.0. The number of aliphatic imine (C=N–C) groups is 1. The first-order chi connectivity index (χ1) is 16.0. The molecule has 2 aromatic heterocycles. The van der Waals surface area contributed by atoms with E-state index in [1.807, 2.05) is 31.3 Å². The quantitative estimate of drug-likeness (QED) is 0.369. The van der Waals surface area contributed by atoms with Gasteiger partial charge in [-0.05, 0) is 48.9 Å². The van der Waals surface area contributed by atoms with Crippen LogP contribution in [-0.4, -0.2) is 47.6 Å². The van der Waals surface area contributed by atoms with Gasteiger partial charge in [-0.1, -0.05) is 19.2 Å². The van der Waals surface area contributed by atoms with Gasteiger partial charge in [0.25, 0.3) is 11.8 Å². The molecule has 1 aromatic carbocycles. The molecule has 8 heteroatoms. The van der Waals surface area contributed by atoms with Crippen LogP contribution in [0.5, 0.6) is 0 Å². The molecule has 0 spiro atoms. The fourth-order valence-corrected chi connectivity index (χ4v) is 3.31. The average molecular weight is 443 g/mol. The summed E-state index contributed by atoms with van der Waals surface area (Å²) < 4.78 is 0. The maximum Gasteiger partial charge on any atom is 0.274 e. The van der Waals surface area contributed by atoms with E-state index in [1.54, 1.807) is 30.6 Å². The zero-order valence-corrected chi connectivity index (χ0v) is 18.5. The average Bonchev–Trinajstić information content (AvgIpc) is 2.85. The van der Waals surface area contributed by atoms with Crippen molar-refractivity contribution in [2.45, 2.75) is 6.42 Å². The summed E-state index contributed by atoms with van der Waals surface area (Å²) >= 11 is 0. The number of hydrogen-bond donors (Lipinski definition) is 2. The number of hydrogen-bond acceptors (Lipinski definition) is 6. The third kappa shape index (κ3) is 5.88. The standard InChI is InChI=1S/C25H26N6O2/c1-4-19(26-5-2)24(32)29-16-9-17-31(3)22-13-12-20(23-18(22)10-8-15-28-23)30-25(33)21-11-6-7-14-27-21/h4-8,10-15H,1-2,9,16-17H2,3H3,(H,29,32)(H,30,33). The van der Waals surface area contributed by atoms with Crippen molar-refractivity contribution in [3.05, 3.63) is 86.0 Å². The van der Waals surface area contributed by atoms with Gasteiger partial charge in [0, 0.05) is 49.8 Å². The van der Waals surface area contributed by atoms with Gasteiger partial charge in [-0.25, -0.2) is 0 Å². The molecule has 8 nitrogen and oxygen atoms in total. The molecule has 0 aliphatic heterocycles. The Morgan fingerprint density at radius 1 is 1.09 bits per heavy atom. The van der Waals surface area contributed by atoms with Crippen LogP contribution < -0.4 is 15.5 Å². The second kappa shape index (κ2) is 11.3. The van der Waals surface area contributed by atoms with Gasteiger partial charge in [0.15, 0.2) is 0 Å². The molecule has 0 saturated carbocycles. The van der Waals surface area contributed by atoms with Crippen LogP contribution in [0.15, 0.2) is 85.3 Å². The molecular weight excluding hydrogens is 416 g/mol. The van der Waals surface area contributed by atoms with Crippen molar-refractivity contribution in [2.24, 2.45) is 4.99 Å². The van der Waals surface area contributed by atoms with Gasteiger partial charge in [-0.2, -0.15) is 0 Å². The fourth-order valence-electron chi connectivity index (χ4n) is 3.31. The number of carbonyl (C=O) groups excluding carboxylic acids is 2. The second-order valence-electron chi connectivity index (χ2n) is 7.13. The van der Waals surface area contributed by atoms with Gasteiger partial charge in [-0.15, -0.1) is 0 Å². The molecule has 0 unspecified atom stereocenters. The summed E-state index contributed by atoms with van der Waals surface area (Å²) in [5.74, 6) is -0.575. The molecule has 2 heterocycles. The lowest BCUT2D eigenvalue weighted by Crippen LogP contribution is -2.32. The molecule has 0 aliphatic carbocycles. The summed E-state index contributed by atoms with van der Waals surface area (Å²) in [5, 5.41) is 6.64. The molecule has 2 amide bonds. The second-order valence-corrected chi connectivity index (χ2v) is 7.13. The largest absolute Gasteiger partial charge is 0.374 e. The van der Waals surface area contributed by atoms with Crippen molar-refractivity contribution < 1.29 is 9.59 Å². The molecule has 3 rings (SSSR count). The number of aromatic nitrogens is 2.